The van der Waals surface area contributed by atoms with Crippen molar-refractivity contribution >= 4 is 16.9 Å². The predicted molar refractivity (Wildman–Crippen MR) is 79.2 cm³/mol. The molecule has 0 amide bonds. The molecule has 0 aliphatic carbocycles. The molecule has 0 spiro atoms. The molecule has 0 atom stereocenters. The number of benzene rings is 1. The summed E-state index contributed by atoms with van der Waals surface area (Å²) in [6, 6.07) is 7.56. The van der Waals surface area contributed by atoms with Gasteiger partial charge < -0.3 is 14.4 Å². The molecule has 108 valence electrons. The monoisotopic (exact) mass is 275 g/mol. The zero-order chi connectivity index (χ0) is 14.9. The molecule has 0 saturated heterocycles. The van der Waals surface area contributed by atoms with Gasteiger partial charge in [0, 0.05) is 22.6 Å². The standard InChI is InChI=1S/C16H21NO3/c1-10(2)17-14(9-20-11(3)4)7-12-5-6-13(16(18)19)8-15(12)17/h5-8,10-11H,9H2,1-4H3,(H,18,19). The maximum atomic E-state index is 11.1. The van der Waals surface area contributed by atoms with E-state index in [2.05, 4.69) is 24.5 Å². The second-order valence-corrected chi connectivity index (χ2v) is 5.54. The van der Waals surface area contributed by atoms with Crippen molar-refractivity contribution in [2.24, 2.45) is 0 Å². The number of nitrogens with zero attached hydrogens (tertiary/aromatic N) is 1. The largest absolute Gasteiger partial charge is 0.478 e. The highest BCUT2D eigenvalue weighted by Crippen LogP contribution is 2.26. The van der Waals surface area contributed by atoms with Crippen LogP contribution in [0.2, 0.25) is 0 Å². The molecule has 0 bridgehead atoms. The van der Waals surface area contributed by atoms with E-state index in [1.807, 2.05) is 19.9 Å². The van der Waals surface area contributed by atoms with Crippen molar-refractivity contribution in [2.45, 2.75) is 46.4 Å². The third kappa shape index (κ3) is 2.85. The first-order chi connectivity index (χ1) is 9.40. The Balaban J connectivity index is 2.52. The van der Waals surface area contributed by atoms with Gasteiger partial charge in [-0.3, -0.25) is 0 Å². The number of carboxylic acids is 1. The van der Waals surface area contributed by atoms with Gasteiger partial charge in [0.1, 0.15) is 0 Å². The van der Waals surface area contributed by atoms with E-state index in [1.54, 1.807) is 12.1 Å². The van der Waals surface area contributed by atoms with E-state index < -0.39 is 5.97 Å². The fraction of sp³-hybridized carbons (Fsp3) is 0.438. The van der Waals surface area contributed by atoms with E-state index in [1.165, 1.54) is 0 Å². The Kier molecular flexibility index (Phi) is 4.14. The molecule has 0 unspecified atom stereocenters. The molecule has 1 aromatic carbocycles. The molecule has 0 saturated carbocycles. The average molecular weight is 275 g/mol. The van der Waals surface area contributed by atoms with Crippen LogP contribution in [0, 0.1) is 0 Å². The molecule has 2 aromatic rings. The third-order valence-electron chi connectivity index (χ3n) is 3.25. The van der Waals surface area contributed by atoms with Crippen molar-refractivity contribution in [3.8, 4) is 0 Å². The van der Waals surface area contributed by atoms with Crippen LogP contribution in [0.15, 0.2) is 24.3 Å². The van der Waals surface area contributed by atoms with E-state index in [-0.39, 0.29) is 12.1 Å². The van der Waals surface area contributed by atoms with E-state index in [9.17, 15) is 4.79 Å². The minimum absolute atomic E-state index is 0.170. The number of aromatic carboxylic acids is 1. The van der Waals surface area contributed by atoms with Crippen molar-refractivity contribution < 1.29 is 14.6 Å². The SMILES string of the molecule is CC(C)OCc1cc2ccc(C(=O)O)cc2n1C(C)C. The van der Waals surface area contributed by atoms with E-state index in [4.69, 9.17) is 9.84 Å². The Morgan fingerprint density at radius 2 is 1.95 bits per heavy atom. The van der Waals surface area contributed by atoms with Crippen molar-refractivity contribution in [3.63, 3.8) is 0 Å². The van der Waals surface area contributed by atoms with Crippen LogP contribution in [0.3, 0.4) is 0 Å². The van der Waals surface area contributed by atoms with Gasteiger partial charge in [-0.1, -0.05) is 6.07 Å². The molecular formula is C16H21NO3. The molecule has 1 aromatic heterocycles. The molecule has 1 N–H and O–H groups in total. The van der Waals surface area contributed by atoms with Gasteiger partial charge in [-0.15, -0.1) is 0 Å². The molecule has 2 rings (SSSR count). The Morgan fingerprint density at radius 1 is 1.25 bits per heavy atom. The van der Waals surface area contributed by atoms with Gasteiger partial charge in [-0.2, -0.15) is 0 Å². The zero-order valence-electron chi connectivity index (χ0n) is 12.4. The van der Waals surface area contributed by atoms with Crippen LogP contribution in [0.4, 0.5) is 0 Å². The molecular weight excluding hydrogens is 254 g/mol. The first-order valence-corrected chi connectivity index (χ1v) is 6.89. The number of aromatic nitrogens is 1. The van der Waals surface area contributed by atoms with Crippen LogP contribution in [0.1, 0.15) is 49.8 Å². The van der Waals surface area contributed by atoms with Gasteiger partial charge in [0.15, 0.2) is 0 Å². The van der Waals surface area contributed by atoms with E-state index in [0.29, 0.717) is 12.2 Å². The first kappa shape index (κ1) is 14.6. The predicted octanol–water partition coefficient (Wildman–Crippen LogP) is 3.85. The average Bonchev–Trinajstić information content (AvgIpc) is 2.73. The number of ether oxygens (including phenoxy) is 1. The Labute approximate surface area is 119 Å². The van der Waals surface area contributed by atoms with Crippen LogP contribution in [0.25, 0.3) is 10.9 Å². The maximum absolute atomic E-state index is 11.1. The van der Waals surface area contributed by atoms with Crippen molar-refractivity contribution in [1.29, 1.82) is 0 Å². The van der Waals surface area contributed by atoms with Crippen molar-refractivity contribution in [3.05, 3.63) is 35.5 Å². The molecule has 0 fully saturated rings. The number of rotatable bonds is 5. The Hall–Kier alpha value is -1.81. The molecule has 0 radical (unpaired) electrons. The second kappa shape index (κ2) is 5.67. The van der Waals surface area contributed by atoms with E-state index in [0.717, 1.165) is 16.6 Å². The number of hydrogen-bond donors (Lipinski definition) is 1. The number of carbonyl (C=O) groups is 1. The molecule has 1 heterocycles. The van der Waals surface area contributed by atoms with Gasteiger partial charge in [0.25, 0.3) is 0 Å². The van der Waals surface area contributed by atoms with Gasteiger partial charge in [-0.05, 0) is 45.9 Å². The van der Waals surface area contributed by atoms with Crippen LogP contribution >= 0.6 is 0 Å². The van der Waals surface area contributed by atoms with Crippen molar-refractivity contribution in [1.82, 2.24) is 4.57 Å². The molecule has 4 nitrogen and oxygen atoms in total. The lowest BCUT2D eigenvalue weighted by Gasteiger charge is -2.16. The summed E-state index contributed by atoms with van der Waals surface area (Å²) >= 11 is 0. The quantitative estimate of drug-likeness (QED) is 0.901. The molecule has 0 aliphatic heterocycles. The highest BCUT2D eigenvalue weighted by molar-refractivity contribution is 5.93. The first-order valence-electron chi connectivity index (χ1n) is 6.89. The smallest absolute Gasteiger partial charge is 0.335 e. The van der Waals surface area contributed by atoms with Crippen LogP contribution in [-0.4, -0.2) is 21.7 Å². The lowest BCUT2D eigenvalue weighted by Crippen LogP contribution is -2.10. The van der Waals surface area contributed by atoms with Gasteiger partial charge in [0.2, 0.25) is 0 Å². The highest BCUT2D eigenvalue weighted by atomic mass is 16.5. The summed E-state index contributed by atoms with van der Waals surface area (Å²) in [4.78, 5) is 11.1. The normalized spacial score (nSPS) is 11.7. The Bertz CT molecular complexity index is 626. The second-order valence-electron chi connectivity index (χ2n) is 5.54. The summed E-state index contributed by atoms with van der Waals surface area (Å²) in [5, 5.41) is 10.2. The third-order valence-corrected chi connectivity index (χ3v) is 3.25. The van der Waals surface area contributed by atoms with Gasteiger partial charge >= 0.3 is 5.97 Å². The summed E-state index contributed by atoms with van der Waals surface area (Å²) in [5.74, 6) is -0.900. The zero-order valence-corrected chi connectivity index (χ0v) is 12.4. The summed E-state index contributed by atoms with van der Waals surface area (Å²) in [6.45, 7) is 8.72. The van der Waals surface area contributed by atoms with Crippen LogP contribution in [0.5, 0.6) is 0 Å². The van der Waals surface area contributed by atoms with Gasteiger partial charge in [0.05, 0.1) is 18.3 Å². The number of hydrogen-bond acceptors (Lipinski definition) is 2. The fourth-order valence-corrected chi connectivity index (χ4v) is 2.38. The minimum atomic E-state index is -0.900. The van der Waals surface area contributed by atoms with Crippen molar-refractivity contribution in [2.75, 3.05) is 0 Å². The minimum Gasteiger partial charge on any atom is -0.478 e. The topological polar surface area (TPSA) is 51.5 Å². The van der Waals surface area contributed by atoms with Crippen LogP contribution in [-0.2, 0) is 11.3 Å². The molecule has 20 heavy (non-hydrogen) atoms. The molecule has 0 aliphatic rings. The summed E-state index contributed by atoms with van der Waals surface area (Å²) in [7, 11) is 0. The summed E-state index contributed by atoms with van der Waals surface area (Å²) in [5.41, 5.74) is 2.34. The lowest BCUT2D eigenvalue weighted by molar-refractivity contribution is 0.0615. The highest BCUT2D eigenvalue weighted by Gasteiger charge is 2.14. The Morgan fingerprint density at radius 3 is 2.50 bits per heavy atom. The maximum Gasteiger partial charge on any atom is 0.335 e. The number of fused-ring (bicyclic) bond motifs is 1. The molecule has 4 heteroatoms. The van der Waals surface area contributed by atoms with E-state index >= 15 is 0 Å². The summed E-state index contributed by atoms with van der Waals surface area (Å²) < 4.78 is 7.83. The van der Waals surface area contributed by atoms with Gasteiger partial charge in [-0.25, -0.2) is 4.79 Å². The summed E-state index contributed by atoms with van der Waals surface area (Å²) in [6.07, 6.45) is 0.170. The fourth-order valence-electron chi connectivity index (χ4n) is 2.38. The lowest BCUT2D eigenvalue weighted by atomic mass is 10.1. The number of carboxylic acid groups (broad SMARTS) is 1. The van der Waals surface area contributed by atoms with Crippen LogP contribution < -0.4 is 0 Å².